The summed E-state index contributed by atoms with van der Waals surface area (Å²) >= 11 is 0. The first-order valence-electron chi connectivity index (χ1n) is 5.75. The second-order valence-corrected chi connectivity index (χ2v) is 7.88. The van der Waals surface area contributed by atoms with Gasteiger partial charge in [0.25, 0.3) is 0 Å². The summed E-state index contributed by atoms with van der Waals surface area (Å²) < 4.78 is 32.8. The van der Waals surface area contributed by atoms with Crippen molar-refractivity contribution in [1.29, 1.82) is 0 Å². The van der Waals surface area contributed by atoms with Crippen LogP contribution >= 0.6 is 0 Å². The Balaban J connectivity index is 2.67. The van der Waals surface area contributed by atoms with Crippen LogP contribution in [0.25, 0.3) is 0 Å². The van der Waals surface area contributed by atoms with Crippen LogP contribution in [0.2, 0.25) is 0 Å². The average Bonchev–Trinajstić information content (AvgIpc) is 2.29. The van der Waals surface area contributed by atoms with Gasteiger partial charge < -0.3 is 14.3 Å². The fraction of sp³-hybridized carbons (Fsp3) is 0.583. The van der Waals surface area contributed by atoms with Crippen molar-refractivity contribution in [2.45, 2.75) is 32.1 Å². The van der Waals surface area contributed by atoms with Crippen LogP contribution in [0.3, 0.4) is 0 Å². The zero-order valence-electron chi connectivity index (χ0n) is 11.2. The Labute approximate surface area is 111 Å². The minimum Gasteiger partial charge on any atom is -0.486 e. The van der Waals surface area contributed by atoms with Crippen LogP contribution in [0.15, 0.2) is 21.5 Å². The van der Waals surface area contributed by atoms with E-state index in [0.29, 0.717) is 0 Å². The minimum atomic E-state index is -3.29. The maximum absolute atomic E-state index is 11.8. The number of aliphatic hydroxyl groups is 1. The predicted octanol–water partition coefficient (Wildman–Crippen LogP) is 0.724. The Hall–Kier alpha value is -1.34. The molecule has 1 aromatic rings. The van der Waals surface area contributed by atoms with Gasteiger partial charge in [0.2, 0.25) is 11.2 Å². The third-order valence-electron chi connectivity index (χ3n) is 2.55. The maximum atomic E-state index is 11.8. The third-order valence-corrected chi connectivity index (χ3v) is 5.12. The topological polar surface area (TPSA) is 93.8 Å². The minimum absolute atomic E-state index is 0.0682. The van der Waals surface area contributed by atoms with E-state index in [1.807, 2.05) is 0 Å². The van der Waals surface area contributed by atoms with Gasteiger partial charge in [-0.3, -0.25) is 4.79 Å². The van der Waals surface area contributed by atoms with E-state index in [9.17, 15) is 13.2 Å². The highest BCUT2D eigenvalue weighted by molar-refractivity contribution is 7.92. The van der Waals surface area contributed by atoms with E-state index < -0.39 is 20.0 Å². The SMILES string of the molecule is CC(C)(C)S(=O)(=O)CCOc1coc(CO)cc1=O. The Kier molecular flexibility index (Phi) is 4.75. The van der Waals surface area contributed by atoms with Crippen molar-refractivity contribution in [2.75, 3.05) is 12.4 Å². The molecule has 0 spiro atoms. The lowest BCUT2D eigenvalue weighted by Crippen LogP contribution is -2.32. The van der Waals surface area contributed by atoms with Crippen LogP contribution in [0.4, 0.5) is 0 Å². The van der Waals surface area contributed by atoms with Crippen molar-refractivity contribution >= 4 is 9.84 Å². The molecular weight excluding hydrogens is 272 g/mol. The van der Waals surface area contributed by atoms with Gasteiger partial charge in [-0.1, -0.05) is 0 Å². The summed E-state index contributed by atoms with van der Waals surface area (Å²) in [7, 11) is -3.29. The van der Waals surface area contributed by atoms with Gasteiger partial charge in [0, 0.05) is 6.07 Å². The standard InChI is InChI=1S/C12H18O6S/c1-12(2,3)19(15,16)5-4-17-11-8-18-9(7-13)6-10(11)14/h6,8,13H,4-5,7H2,1-3H3. The molecule has 0 radical (unpaired) electrons. The molecule has 1 aromatic heterocycles. The number of hydrogen-bond acceptors (Lipinski definition) is 6. The lowest BCUT2D eigenvalue weighted by Gasteiger charge is -2.18. The molecule has 0 aromatic carbocycles. The summed E-state index contributed by atoms with van der Waals surface area (Å²) in [5.74, 6) is -0.126. The number of aliphatic hydroxyl groups excluding tert-OH is 1. The summed E-state index contributed by atoms with van der Waals surface area (Å²) in [6.07, 6.45) is 1.07. The molecule has 0 aliphatic heterocycles. The fourth-order valence-electron chi connectivity index (χ4n) is 1.19. The molecule has 0 fully saturated rings. The average molecular weight is 290 g/mol. The molecule has 0 saturated heterocycles. The predicted molar refractivity (Wildman–Crippen MR) is 69.9 cm³/mol. The third kappa shape index (κ3) is 4.07. The van der Waals surface area contributed by atoms with Crippen LogP contribution in [0, 0.1) is 0 Å². The largest absolute Gasteiger partial charge is 0.486 e. The monoisotopic (exact) mass is 290 g/mol. The number of hydrogen-bond donors (Lipinski definition) is 1. The lowest BCUT2D eigenvalue weighted by molar-refractivity contribution is 0.238. The number of rotatable bonds is 5. The molecule has 0 unspecified atom stereocenters. The van der Waals surface area contributed by atoms with Crippen molar-refractivity contribution in [2.24, 2.45) is 0 Å². The van der Waals surface area contributed by atoms with Crippen molar-refractivity contribution < 1.29 is 22.7 Å². The molecule has 1 rings (SSSR count). The molecule has 0 aliphatic carbocycles. The maximum Gasteiger partial charge on any atom is 0.227 e. The smallest absolute Gasteiger partial charge is 0.227 e. The van der Waals surface area contributed by atoms with Crippen LogP contribution in [-0.4, -0.2) is 30.6 Å². The van der Waals surface area contributed by atoms with E-state index in [-0.39, 0.29) is 30.5 Å². The summed E-state index contributed by atoms with van der Waals surface area (Å²) in [6.45, 7) is 4.31. The van der Waals surface area contributed by atoms with Crippen LogP contribution in [-0.2, 0) is 16.4 Å². The first-order valence-corrected chi connectivity index (χ1v) is 7.40. The zero-order valence-corrected chi connectivity index (χ0v) is 12.0. The molecular formula is C12H18O6S. The lowest BCUT2D eigenvalue weighted by atomic mass is 10.3. The van der Waals surface area contributed by atoms with Gasteiger partial charge in [-0.05, 0) is 20.8 Å². The van der Waals surface area contributed by atoms with Gasteiger partial charge in [-0.2, -0.15) is 0 Å². The summed E-state index contributed by atoms with van der Waals surface area (Å²) in [5.41, 5.74) is -0.455. The van der Waals surface area contributed by atoms with Gasteiger partial charge in [-0.15, -0.1) is 0 Å². The van der Waals surface area contributed by atoms with Crippen LogP contribution in [0.5, 0.6) is 5.75 Å². The molecule has 0 atom stereocenters. The van der Waals surface area contributed by atoms with Gasteiger partial charge in [0.05, 0.1) is 10.5 Å². The van der Waals surface area contributed by atoms with E-state index in [4.69, 9.17) is 14.3 Å². The molecule has 0 amide bonds. The second-order valence-electron chi connectivity index (χ2n) is 5.01. The molecule has 0 bridgehead atoms. The van der Waals surface area contributed by atoms with Gasteiger partial charge in [0.15, 0.2) is 9.84 Å². The first-order chi connectivity index (χ1) is 8.67. The van der Waals surface area contributed by atoms with E-state index >= 15 is 0 Å². The van der Waals surface area contributed by atoms with E-state index in [1.54, 1.807) is 20.8 Å². The van der Waals surface area contributed by atoms with E-state index in [2.05, 4.69) is 0 Å². The highest BCUT2D eigenvalue weighted by atomic mass is 32.2. The van der Waals surface area contributed by atoms with Crippen molar-refractivity contribution in [3.63, 3.8) is 0 Å². The van der Waals surface area contributed by atoms with Gasteiger partial charge >= 0.3 is 0 Å². The van der Waals surface area contributed by atoms with Gasteiger partial charge in [0.1, 0.15) is 25.2 Å². The van der Waals surface area contributed by atoms with E-state index in [1.165, 1.54) is 0 Å². The van der Waals surface area contributed by atoms with Crippen molar-refractivity contribution in [1.82, 2.24) is 0 Å². The molecule has 1 N–H and O–H groups in total. The van der Waals surface area contributed by atoms with E-state index in [0.717, 1.165) is 12.3 Å². The molecule has 7 heteroatoms. The van der Waals surface area contributed by atoms with Crippen LogP contribution < -0.4 is 10.2 Å². The Morgan fingerprint density at radius 3 is 2.47 bits per heavy atom. The molecule has 19 heavy (non-hydrogen) atoms. The Bertz CT molecular complexity index is 579. The highest BCUT2D eigenvalue weighted by Gasteiger charge is 2.28. The number of ether oxygens (including phenoxy) is 1. The summed E-state index contributed by atoms with van der Waals surface area (Å²) in [6, 6.07) is 1.10. The molecule has 6 nitrogen and oxygen atoms in total. The van der Waals surface area contributed by atoms with Gasteiger partial charge in [-0.25, -0.2) is 8.42 Å². The summed E-state index contributed by atoms with van der Waals surface area (Å²) in [5, 5.41) is 8.77. The zero-order chi connectivity index (χ0) is 14.7. The van der Waals surface area contributed by atoms with Crippen LogP contribution in [0.1, 0.15) is 26.5 Å². The second kappa shape index (κ2) is 5.75. The Morgan fingerprint density at radius 2 is 2.00 bits per heavy atom. The Morgan fingerprint density at radius 1 is 1.37 bits per heavy atom. The highest BCUT2D eigenvalue weighted by Crippen LogP contribution is 2.16. The normalized spacial score (nSPS) is 12.4. The molecule has 1 heterocycles. The van der Waals surface area contributed by atoms with Crippen molar-refractivity contribution in [3.8, 4) is 5.75 Å². The molecule has 108 valence electrons. The summed E-state index contributed by atoms with van der Waals surface area (Å²) in [4.78, 5) is 11.5. The van der Waals surface area contributed by atoms with Crippen molar-refractivity contribution in [3.05, 3.63) is 28.3 Å². The fourth-order valence-corrected chi connectivity index (χ4v) is 2.11. The molecule has 0 saturated carbocycles. The quantitative estimate of drug-likeness (QED) is 0.859. The molecule has 0 aliphatic rings. The first kappa shape index (κ1) is 15.7. The number of sulfone groups is 1.